The normalized spacial score (nSPS) is 20.1. The van der Waals surface area contributed by atoms with E-state index in [9.17, 15) is 0 Å². The molecule has 3 heterocycles. The summed E-state index contributed by atoms with van der Waals surface area (Å²) in [5.41, 5.74) is 1.39. The summed E-state index contributed by atoms with van der Waals surface area (Å²) in [6.45, 7) is 11.9. The van der Waals surface area contributed by atoms with Gasteiger partial charge in [-0.05, 0) is 43.4 Å². The maximum Gasteiger partial charge on any atom is 0.190 e. The molecule has 0 N–H and O–H groups in total. The predicted molar refractivity (Wildman–Crippen MR) is 116 cm³/mol. The number of hydrogen-bond acceptors (Lipinski definition) is 6. The number of hydrogen-bond donors (Lipinski definition) is 0. The summed E-state index contributed by atoms with van der Waals surface area (Å²) in [5.74, 6) is 2.92. The monoisotopic (exact) mass is 410 g/mol. The van der Waals surface area contributed by atoms with Crippen molar-refractivity contribution in [1.29, 1.82) is 0 Å². The van der Waals surface area contributed by atoms with Crippen LogP contribution in [-0.2, 0) is 17.8 Å². The fourth-order valence-electron chi connectivity index (χ4n) is 3.00. The van der Waals surface area contributed by atoms with Gasteiger partial charge in [0.05, 0.1) is 12.2 Å². The minimum absolute atomic E-state index is 0.0590. The van der Waals surface area contributed by atoms with Gasteiger partial charge in [-0.25, -0.2) is 9.97 Å². The van der Waals surface area contributed by atoms with Crippen molar-refractivity contribution in [3.05, 3.63) is 10.4 Å². The molecule has 0 saturated heterocycles. The number of rotatable bonds is 8. The summed E-state index contributed by atoms with van der Waals surface area (Å²) in [4.78, 5) is 12.4. The lowest BCUT2D eigenvalue weighted by molar-refractivity contribution is -0.0543. The van der Waals surface area contributed by atoms with Crippen LogP contribution in [0.25, 0.3) is 10.2 Å². The molecule has 0 bridgehead atoms. The van der Waals surface area contributed by atoms with Crippen LogP contribution in [0.4, 0.5) is 0 Å². The van der Waals surface area contributed by atoms with Crippen molar-refractivity contribution < 1.29 is 4.74 Å². The topological polar surface area (TPSA) is 35.0 Å². The van der Waals surface area contributed by atoms with Gasteiger partial charge in [-0.3, -0.25) is 0 Å². The van der Waals surface area contributed by atoms with Crippen LogP contribution < -0.4 is 0 Å². The molecule has 6 heteroatoms. The largest absolute Gasteiger partial charge is 0.369 e. The Morgan fingerprint density at radius 3 is 2.69 bits per heavy atom. The van der Waals surface area contributed by atoms with E-state index in [1.54, 1.807) is 11.8 Å². The predicted octanol–water partition coefficient (Wildman–Crippen LogP) is 6.57. The first-order chi connectivity index (χ1) is 12.5. The number of aromatic nitrogens is 2. The smallest absolute Gasteiger partial charge is 0.190 e. The Balaban J connectivity index is 2.00. The molecule has 1 aliphatic heterocycles. The lowest BCUT2D eigenvalue weighted by atomic mass is 9.90. The molecule has 0 spiro atoms. The first kappa shape index (κ1) is 20.4. The van der Waals surface area contributed by atoms with Crippen molar-refractivity contribution in [2.45, 2.75) is 82.7 Å². The van der Waals surface area contributed by atoms with Gasteiger partial charge in [0, 0.05) is 22.4 Å². The molecule has 0 fully saturated rings. The van der Waals surface area contributed by atoms with E-state index < -0.39 is 0 Å². The van der Waals surface area contributed by atoms with Crippen molar-refractivity contribution in [2.24, 2.45) is 5.92 Å². The molecule has 26 heavy (non-hydrogen) atoms. The molecular formula is C20H30N2OS3. The van der Waals surface area contributed by atoms with E-state index in [-0.39, 0.29) is 5.60 Å². The Hall–Kier alpha value is -0.300. The van der Waals surface area contributed by atoms with E-state index in [1.165, 1.54) is 27.3 Å². The van der Waals surface area contributed by atoms with E-state index in [4.69, 9.17) is 14.7 Å². The highest BCUT2D eigenvalue weighted by Gasteiger charge is 2.33. The summed E-state index contributed by atoms with van der Waals surface area (Å²) in [6, 6.07) is 0. The number of thiophene rings is 1. The number of ether oxygens (including phenoxy) is 1. The third-order valence-corrected chi connectivity index (χ3v) is 8.06. The molecule has 2 aromatic rings. The second-order valence-electron chi connectivity index (χ2n) is 7.64. The van der Waals surface area contributed by atoms with Gasteiger partial charge in [-0.15, -0.1) is 23.1 Å². The second-order valence-corrected chi connectivity index (χ2v) is 10.9. The first-order valence-electron chi connectivity index (χ1n) is 9.67. The zero-order chi connectivity index (χ0) is 18.7. The van der Waals surface area contributed by atoms with Crippen molar-refractivity contribution in [1.82, 2.24) is 9.97 Å². The summed E-state index contributed by atoms with van der Waals surface area (Å²) < 4.78 is 6.17. The highest BCUT2D eigenvalue weighted by Crippen LogP contribution is 2.43. The molecule has 0 aromatic carbocycles. The highest BCUT2D eigenvalue weighted by molar-refractivity contribution is 8.00. The van der Waals surface area contributed by atoms with Crippen LogP contribution in [0.3, 0.4) is 0 Å². The van der Waals surface area contributed by atoms with Gasteiger partial charge < -0.3 is 4.74 Å². The maximum absolute atomic E-state index is 6.17. The summed E-state index contributed by atoms with van der Waals surface area (Å²) in [5, 5.41) is 3.43. The Kier molecular flexibility index (Phi) is 6.92. The third kappa shape index (κ3) is 4.57. The van der Waals surface area contributed by atoms with Crippen LogP contribution in [-0.4, -0.2) is 27.1 Å². The zero-order valence-corrected chi connectivity index (χ0v) is 19.0. The van der Waals surface area contributed by atoms with Crippen LogP contribution in [0.2, 0.25) is 0 Å². The quantitative estimate of drug-likeness (QED) is 0.279. The van der Waals surface area contributed by atoms with Gasteiger partial charge in [0.2, 0.25) is 0 Å². The average Bonchev–Trinajstić information content (AvgIpc) is 2.97. The van der Waals surface area contributed by atoms with Crippen LogP contribution in [0.1, 0.15) is 64.3 Å². The van der Waals surface area contributed by atoms with Crippen molar-refractivity contribution in [3.63, 3.8) is 0 Å². The van der Waals surface area contributed by atoms with Gasteiger partial charge >= 0.3 is 0 Å². The summed E-state index contributed by atoms with van der Waals surface area (Å²) in [7, 11) is 0. The Morgan fingerprint density at radius 2 is 2.00 bits per heavy atom. The molecule has 0 amide bonds. The van der Waals surface area contributed by atoms with Gasteiger partial charge in [-0.2, -0.15) is 0 Å². The third-order valence-electron chi connectivity index (χ3n) is 4.90. The van der Waals surface area contributed by atoms with Crippen LogP contribution in [0.15, 0.2) is 10.2 Å². The molecule has 144 valence electrons. The van der Waals surface area contributed by atoms with Crippen molar-refractivity contribution in [2.75, 3.05) is 11.5 Å². The average molecular weight is 411 g/mol. The summed E-state index contributed by atoms with van der Waals surface area (Å²) >= 11 is 5.50. The minimum atomic E-state index is -0.0590. The van der Waals surface area contributed by atoms with E-state index in [0.717, 1.165) is 46.7 Å². The molecule has 2 aromatic heterocycles. The molecular weight excluding hydrogens is 380 g/mol. The Morgan fingerprint density at radius 1 is 1.19 bits per heavy atom. The van der Waals surface area contributed by atoms with E-state index >= 15 is 0 Å². The van der Waals surface area contributed by atoms with E-state index in [0.29, 0.717) is 6.61 Å². The zero-order valence-electron chi connectivity index (χ0n) is 16.6. The molecule has 0 unspecified atom stereocenters. The van der Waals surface area contributed by atoms with E-state index in [2.05, 4.69) is 34.6 Å². The summed E-state index contributed by atoms with van der Waals surface area (Å²) in [6.07, 6.45) is 4.37. The van der Waals surface area contributed by atoms with Crippen molar-refractivity contribution >= 4 is 45.1 Å². The fraction of sp³-hybridized carbons (Fsp3) is 0.700. The standard InChI is InChI=1S/C20H30N2OS3/c1-6-9-25-19-21-17(24-10-8-13(3)4)16-14-11-20(5,7-2)23-12-15(14)26-18(16)22-19/h13H,6-12H2,1-5H3/t20-/m0/s1. The fourth-order valence-corrected chi connectivity index (χ4v) is 6.28. The molecule has 1 atom stereocenters. The van der Waals surface area contributed by atoms with Crippen LogP contribution in [0.5, 0.6) is 0 Å². The lowest BCUT2D eigenvalue weighted by Crippen LogP contribution is -2.33. The Bertz CT molecular complexity index is 759. The molecule has 0 saturated carbocycles. The molecule has 3 nitrogen and oxygen atoms in total. The first-order valence-corrected chi connectivity index (χ1v) is 12.5. The van der Waals surface area contributed by atoms with Gasteiger partial charge in [0.15, 0.2) is 5.16 Å². The molecule has 0 radical (unpaired) electrons. The second kappa shape index (κ2) is 8.80. The maximum atomic E-state index is 6.17. The molecule has 3 rings (SSSR count). The van der Waals surface area contributed by atoms with Gasteiger partial charge in [0.1, 0.15) is 9.86 Å². The highest BCUT2D eigenvalue weighted by atomic mass is 32.2. The SMILES string of the molecule is CCCSc1nc(SCCC(C)C)c2c3c(sc2n1)CO[C@@](C)(CC)C3. The van der Waals surface area contributed by atoms with Crippen molar-refractivity contribution in [3.8, 4) is 0 Å². The number of fused-ring (bicyclic) bond motifs is 3. The van der Waals surface area contributed by atoms with Gasteiger partial charge in [0.25, 0.3) is 0 Å². The lowest BCUT2D eigenvalue weighted by Gasteiger charge is -2.33. The Labute approximate surface area is 170 Å². The molecule has 1 aliphatic rings. The number of thioether (sulfide) groups is 2. The minimum Gasteiger partial charge on any atom is -0.369 e. The van der Waals surface area contributed by atoms with Crippen LogP contribution >= 0.6 is 34.9 Å². The van der Waals surface area contributed by atoms with Gasteiger partial charge in [-0.1, -0.05) is 39.5 Å². The molecule has 0 aliphatic carbocycles. The van der Waals surface area contributed by atoms with E-state index in [1.807, 2.05) is 23.1 Å². The number of nitrogens with zero attached hydrogens (tertiary/aromatic N) is 2. The van der Waals surface area contributed by atoms with Crippen LogP contribution in [0, 0.1) is 5.92 Å².